The van der Waals surface area contributed by atoms with E-state index in [1.165, 1.54) is 6.92 Å². The molecule has 5 nitrogen and oxygen atoms in total. The lowest BCUT2D eigenvalue weighted by Gasteiger charge is -2.33. The molecular weight excluding hydrogens is 234 g/mol. The van der Waals surface area contributed by atoms with Crippen LogP contribution in [0.25, 0.3) is 0 Å². The number of nitrogens with one attached hydrogen (secondary N) is 1. The number of allylic oxidation sites excluding steroid dienone is 2. The van der Waals surface area contributed by atoms with E-state index in [1.54, 1.807) is 20.8 Å². The van der Waals surface area contributed by atoms with Crippen molar-refractivity contribution in [3.05, 3.63) is 12.2 Å². The number of aliphatic carboxylic acids is 1. The second-order valence-electron chi connectivity index (χ2n) is 5.77. The summed E-state index contributed by atoms with van der Waals surface area (Å²) in [4.78, 5) is 23.1. The largest absolute Gasteiger partial charge is 0.480 e. The maximum Gasteiger partial charge on any atom is 0.408 e. The Labute approximate surface area is 107 Å². The first kappa shape index (κ1) is 14.5. The summed E-state index contributed by atoms with van der Waals surface area (Å²) in [6.07, 6.45) is 4.47. The molecule has 0 fully saturated rings. The quantitative estimate of drug-likeness (QED) is 0.759. The van der Waals surface area contributed by atoms with Crippen molar-refractivity contribution in [3.8, 4) is 0 Å². The standard InChI is InChI=1S/C13H21NO4/c1-12(2,3)18-11(17)14-13(4,10(15)16)9-7-5-6-8-9/h5-6,9H,7-8H2,1-4H3,(H,14,17)(H,15,16)/t13-/m0/s1. The van der Waals surface area contributed by atoms with Crippen molar-refractivity contribution in [3.63, 3.8) is 0 Å². The molecule has 0 aromatic rings. The van der Waals surface area contributed by atoms with E-state index in [4.69, 9.17) is 4.74 Å². The van der Waals surface area contributed by atoms with Crippen molar-refractivity contribution in [1.29, 1.82) is 0 Å². The van der Waals surface area contributed by atoms with Gasteiger partial charge in [-0.15, -0.1) is 0 Å². The van der Waals surface area contributed by atoms with E-state index >= 15 is 0 Å². The first-order valence-electron chi connectivity index (χ1n) is 6.05. The number of ether oxygens (including phenoxy) is 1. The average Bonchev–Trinajstić information content (AvgIpc) is 2.66. The molecule has 0 bridgehead atoms. The Kier molecular flexibility index (Phi) is 4.04. The zero-order chi connectivity index (χ0) is 14.0. The van der Waals surface area contributed by atoms with Gasteiger partial charge in [-0.25, -0.2) is 9.59 Å². The topological polar surface area (TPSA) is 75.6 Å². The molecular formula is C13H21NO4. The number of rotatable bonds is 3. The predicted molar refractivity (Wildman–Crippen MR) is 67.3 cm³/mol. The van der Waals surface area contributed by atoms with E-state index in [0.717, 1.165) is 0 Å². The van der Waals surface area contributed by atoms with E-state index < -0.39 is 23.2 Å². The van der Waals surface area contributed by atoms with Crippen molar-refractivity contribution < 1.29 is 19.4 Å². The van der Waals surface area contributed by atoms with E-state index in [0.29, 0.717) is 12.8 Å². The summed E-state index contributed by atoms with van der Waals surface area (Å²) in [5.74, 6) is -1.18. The van der Waals surface area contributed by atoms with E-state index in [9.17, 15) is 14.7 Å². The predicted octanol–water partition coefficient (Wildman–Crippen LogP) is 2.32. The number of carbonyl (C=O) groups is 2. The molecule has 0 heterocycles. The molecule has 0 aromatic heterocycles. The molecule has 0 saturated heterocycles. The minimum absolute atomic E-state index is 0.137. The van der Waals surface area contributed by atoms with E-state index in [2.05, 4.69) is 5.32 Å². The molecule has 1 amide bonds. The van der Waals surface area contributed by atoms with Gasteiger partial charge in [-0.05, 0) is 46.5 Å². The SMILES string of the molecule is CC(C)(C)OC(=O)N[C@](C)(C(=O)O)C1CC=CC1. The zero-order valence-corrected chi connectivity index (χ0v) is 11.3. The highest BCUT2D eigenvalue weighted by molar-refractivity contribution is 5.84. The third-order valence-corrected chi connectivity index (χ3v) is 3.03. The Bertz CT molecular complexity index is 362. The van der Waals surface area contributed by atoms with Gasteiger partial charge in [0.05, 0.1) is 0 Å². The summed E-state index contributed by atoms with van der Waals surface area (Å²) < 4.78 is 5.11. The Hall–Kier alpha value is -1.52. The molecule has 1 rings (SSSR count). The molecule has 0 radical (unpaired) electrons. The van der Waals surface area contributed by atoms with Crippen LogP contribution in [0.2, 0.25) is 0 Å². The lowest BCUT2D eigenvalue weighted by atomic mass is 9.84. The van der Waals surface area contributed by atoms with Crippen molar-refractivity contribution in [2.24, 2.45) is 5.92 Å². The molecule has 0 spiro atoms. The van der Waals surface area contributed by atoms with Gasteiger partial charge in [0.1, 0.15) is 11.1 Å². The van der Waals surface area contributed by atoms with Crippen LogP contribution in [-0.4, -0.2) is 28.3 Å². The van der Waals surface area contributed by atoms with Crippen LogP contribution < -0.4 is 5.32 Å². The Balaban J connectivity index is 2.74. The molecule has 1 aliphatic carbocycles. The maximum atomic E-state index is 11.7. The molecule has 0 unspecified atom stereocenters. The van der Waals surface area contributed by atoms with Gasteiger partial charge >= 0.3 is 12.1 Å². The second kappa shape index (κ2) is 5.00. The molecule has 18 heavy (non-hydrogen) atoms. The van der Waals surface area contributed by atoms with Crippen molar-refractivity contribution >= 4 is 12.1 Å². The average molecular weight is 255 g/mol. The number of hydrogen-bond donors (Lipinski definition) is 2. The third kappa shape index (κ3) is 3.48. The monoisotopic (exact) mass is 255 g/mol. The van der Waals surface area contributed by atoms with Gasteiger partial charge in [0.15, 0.2) is 0 Å². The number of amides is 1. The second-order valence-corrected chi connectivity index (χ2v) is 5.77. The first-order valence-corrected chi connectivity index (χ1v) is 6.05. The number of hydrogen-bond acceptors (Lipinski definition) is 3. The van der Waals surface area contributed by atoms with Gasteiger partial charge in [-0.1, -0.05) is 12.2 Å². The molecule has 2 N–H and O–H groups in total. The number of carboxylic acid groups (broad SMARTS) is 1. The number of alkyl carbamates (subject to hydrolysis) is 1. The summed E-state index contributed by atoms with van der Waals surface area (Å²) >= 11 is 0. The Morgan fingerprint density at radius 3 is 2.11 bits per heavy atom. The molecule has 1 aliphatic rings. The van der Waals surface area contributed by atoms with Gasteiger partial charge in [0.2, 0.25) is 0 Å². The fourth-order valence-electron chi connectivity index (χ4n) is 1.93. The van der Waals surface area contributed by atoms with Gasteiger partial charge in [0.25, 0.3) is 0 Å². The van der Waals surface area contributed by atoms with Crippen LogP contribution in [0.4, 0.5) is 4.79 Å². The van der Waals surface area contributed by atoms with Crippen molar-refractivity contribution in [1.82, 2.24) is 5.32 Å². The lowest BCUT2D eigenvalue weighted by molar-refractivity contribution is -0.146. The molecule has 5 heteroatoms. The highest BCUT2D eigenvalue weighted by atomic mass is 16.6. The van der Waals surface area contributed by atoms with Crippen LogP contribution in [0.5, 0.6) is 0 Å². The highest BCUT2D eigenvalue weighted by Crippen LogP contribution is 2.30. The summed E-state index contributed by atoms with van der Waals surface area (Å²) in [7, 11) is 0. The summed E-state index contributed by atoms with van der Waals surface area (Å²) in [5.41, 5.74) is -1.94. The van der Waals surface area contributed by atoms with Gasteiger partial charge in [-0.2, -0.15) is 0 Å². The van der Waals surface area contributed by atoms with Gasteiger partial charge in [0, 0.05) is 0 Å². The fraction of sp³-hybridized carbons (Fsp3) is 0.692. The molecule has 0 aliphatic heterocycles. The Morgan fingerprint density at radius 1 is 1.22 bits per heavy atom. The summed E-state index contributed by atoms with van der Waals surface area (Å²) in [6, 6.07) is 0. The number of carboxylic acids is 1. The highest BCUT2D eigenvalue weighted by Gasteiger charge is 2.43. The molecule has 0 saturated carbocycles. The van der Waals surface area contributed by atoms with Crippen LogP contribution in [-0.2, 0) is 9.53 Å². The summed E-state index contributed by atoms with van der Waals surface area (Å²) in [5, 5.41) is 11.8. The van der Waals surface area contributed by atoms with Crippen LogP contribution in [0, 0.1) is 5.92 Å². The lowest BCUT2D eigenvalue weighted by Crippen LogP contribution is -2.57. The van der Waals surface area contributed by atoms with E-state index in [1.807, 2.05) is 12.2 Å². The Morgan fingerprint density at radius 2 is 1.72 bits per heavy atom. The first-order chi connectivity index (χ1) is 8.15. The molecule has 1 atom stereocenters. The maximum absolute atomic E-state index is 11.7. The number of carbonyl (C=O) groups excluding carboxylic acids is 1. The normalized spacial score (nSPS) is 19.3. The van der Waals surface area contributed by atoms with Gasteiger partial charge < -0.3 is 15.2 Å². The smallest absolute Gasteiger partial charge is 0.408 e. The van der Waals surface area contributed by atoms with Crippen molar-refractivity contribution in [2.45, 2.75) is 51.7 Å². The van der Waals surface area contributed by atoms with Crippen LogP contribution in [0.1, 0.15) is 40.5 Å². The zero-order valence-electron chi connectivity index (χ0n) is 11.3. The molecule has 0 aromatic carbocycles. The third-order valence-electron chi connectivity index (χ3n) is 3.03. The minimum Gasteiger partial charge on any atom is -0.480 e. The van der Waals surface area contributed by atoms with E-state index in [-0.39, 0.29) is 5.92 Å². The summed E-state index contributed by atoms with van der Waals surface area (Å²) in [6.45, 7) is 6.74. The van der Waals surface area contributed by atoms with Crippen LogP contribution in [0.15, 0.2) is 12.2 Å². The fourth-order valence-corrected chi connectivity index (χ4v) is 1.93. The molecule has 102 valence electrons. The van der Waals surface area contributed by atoms with Crippen LogP contribution >= 0.6 is 0 Å². The van der Waals surface area contributed by atoms with Gasteiger partial charge in [-0.3, -0.25) is 0 Å². The van der Waals surface area contributed by atoms with Crippen LogP contribution in [0.3, 0.4) is 0 Å². The minimum atomic E-state index is -1.30. The van der Waals surface area contributed by atoms with Crippen molar-refractivity contribution in [2.75, 3.05) is 0 Å².